The Kier molecular flexibility index (Phi) is 5.55. The fourth-order valence-electron chi connectivity index (χ4n) is 4.13. The third-order valence-electron chi connectivity index (χ3n) is 5.64. The van der Waals surface area contributed by atoms with Gasteiger partial charge in [0.2, 0.25) is 0 Å². The van der Waals surface area contributed by atoms with Gasteiger partial charge in [-0.3, -0.25) is 9.59 Å². The van der Waals surface area contributed by atoms with Gasteiger partial charge in [-0.25, -0.2) is 9.29 Å². The van der Waals surface area contributed by atoms with Crippen molar-refractivity contribution in [2.75, 3.05) is 16.8 Å². The van der Waals surface area contributed by atoms with E-state index >= 15 is 0 Å². The molecule has 1 aliphatic heterocycles. The molecule has 5 nitrogen and oxygen atoms in total. The van der Waals surface area contributed by atoms with Crippen molar-refractivity contribution in [3.8, 4) is 5.75 Å². The van der Waals surface area contributed by atoms with Crippen LogP contribution in [0, 0.1) is 5.82 Å². The number of ether oxygens (including phenoxy) is 1. The largest absolute Gasteiger partial charge is 0.494 e. The Balaban J connectivity index is 1.63. The van der Waals surface area contributed by atoms with Crippen LogP contribution in [0.3, 0.4) is 0 Å². The van der Waals surface area contributed by atoms with E-state index in [1.54, 1.807) is 24.3 Å². The van der Waals surface area contributed by atoms with Crippen molar-refractivity contribution in [2.45, 2.75) is 6.92 Å². The zero-order chi connectivity index (χ0) is 23.7. The number of carbonyl (C=O) groups is 2. The van der Waals surface area contributed by atoms with Gasteiger partial charge in [0.25, 0.3) is 11.8 Å². The molecule has 0 saturated heterocycles. The third kappa shape index (κ3) is 3.79. The first-order valence-corrected chi connectivity index (χ1v) is 10.9. The van der Waals surface area contributed by atoms with Gasteiger partial charge in [0.1, 0.15) is 17.3 Å². The minimum Gasteiger partial charge on any atom is -0.494 e. The first-order chi connectivity index (χ1) is 16.6. The Hall–Kier alpha value is -4.45. The zero-order valence-corrected chi connectivity index (χ0v) is 18.4. The number of imide groups is 1. The number of anilines is 2. The molecular weight excluding hydrogens is 431 g/mol. The lowest BCUT2D eigenvalue weighted by atomic mass is 10.0. The number of hydrogen-bond acceptors (Lipinski definition) is 4. The van der Waals surface area contributed by atoms with E-state index in [1.807, 2.05) is 49.4 Å². The average Bonchev–Trinajstić information content (AvgIpc) is 3.09. The SMILES string of the molecule is CCOc1cccc(NC2=C(c3ccc(F)cc3)C(=O)N(c3cccc4ccccc34)C2=O)c1. The number of halogens is 1. The summed E-state index contributed by atoms with van der Waals surface area (Å²) >= 11 is 0. The number of hydrogen-bond donors (Lipinski definition) is 1. The van der Waals surface area contributed by atoms with E-state index < -0.39 is 17.6 Å². The maximum Gasteiger partial charge on any atom is 0.282 e. The molecule has 6 heteroatoms. The molecule has 1 aliphatic rings. The maximum absolute atomic E-state index is 13.7. The van der Waals surface area contributed by atoms with Gasteiger partial charge in [-0.2, -0.15) is 0 Å². The predicted molar refractivity (Wildman–Crippen MR) is 131 cm³/mol. The Morgan fingerprint density at radius 3 is 2.38 bits per heavy atom. The Morgan fingerprint density at radius 2 is 1.59 bits per heavy atom. The van der Waals surface area contributed by atoms with Crippen molar-refractivity contribution in [1.29, 1.82) is 0 Å². The first-order valence-electron chi connectivity index (χ1n) is 10.9. The smallest absolute Gasteiger partial charge is 0.282 e. The lowest BCUT2D eigenvalue weighted by Crippen LogP contribution is -2.32. The molecule has 0 bridgehead atoms. The summed E-state index contributed by atoms with van der Waals surface area (Å²) in [7, 11) is 0. The van der Waals surface area contributed by atoms with Crippen LogP contribution in [0.2, 0.25) is 0 Å². The molecule has 4 aromatic carbocycles. The number of benzene rings is 4. The monoisotopic (exact) mass is 452 g/mol. The second kappa shape index (κ2) is 8.83. The predicted octanol–water partition coefficient (Wildman–Crippen LogP) is 5.77. The summed E-state index contributed by atoms with van der Waals surface area (Å²) in [6, 6.07) is 25.8. The van der Waals surface area contributed by atoms with E-state index in [9.17, 15) is 14.0 Å². The zero-order valence-electron chi connectivity index (χ0n) is 18.4. The van der Waals surface area contributed by atoms with Crippen LogP contribution in [0.25, 0.3) is 16.3 Å². The fourth-order valence-corrected chi connectivity index (χ4v) is 4.13. The van der Waals surface area contributed by atoms with E-state index in [0.717, 1.165) is 10.8 Å². The minimum atomic E-state index is -0.484. The van der Waals surface area contributed by atoms with E-state index in [0.29, 0.717) is 29.3 Å². The van der Waals surface area contributed by atoms with Crippen molar-refractivity contribution in [2.24, 2.45) is 0 Å². The maximum atomic E-state index is 13.7. The van der Waals surface area contributed by atoms with Crippen molar-refractivity contribution in [3.05, 3.63) is 108 Å². The number of carbonyl (C=O) groups excluding carboxylic acids is 2. The highest BCUT2D eigenvalue weighted by molar-refractivity contribution is 6.47. The molecule has 34 heavy (non-hydrogen) atoms. The van der Waals surface area contributed by atoms with Gasteiger partial charge in [-0.15, -0.1) is 0 Å². The normalized spacial score (nSPS) is 13.6. The molecule has 0 spiro atoms. The molecule has 0 atom stereocenters. The van der Waals surface area contributed by atoms with Crippen LogP contribution >= 0.6 is 0 Å². The summed E-state index contributed by atoms with van der Waals surface area (Å²) in [5.74, 6) is -0.746. The topological polar surface area (TPSA) is 58.6 Å². The lowest BCUT2D eigenvalue weighted by molar-refractivity contribution is -0.120. The quantitative estimate of drug-likeness (QED) is 0.377. The molecule has 2 amide bonds. The number of amides is 2. The van der Waals surface area contributed by atoms with Crippen LogP contribution < -0.4 is 15.0 Å². The second-order valence-electron chi connectivity index (χ2n) is 7.79. The average molecular weight is 452 g/mol. The third-order valence-corrected chi connectivity index (χ3v) is 5.64. The van der Waals surface area contributed by atoms with Gasteiger partial charge < -0.3 is 10.1 Å². The van der Waals surface area contributed by atoms with Crippen molar-refractivity contribution in [3.63, 3.8) is 0 Å². The molecule has 1 N–H and O–H groups in total. The second-order valence-corrected chi connectivity index (χ2v) is 7.79. The molecule has 1 heterocycles. The molecule has 0 radical (unpaired) electrons. The van der Waals surface area contributed by atoms with Gasteiger partial charge in [-0.05, 0) is 48.2 Å². The van der Waals surface area contributed by atoms with Crippen LogP contribution in [-0.2, 0) is 9.59 Å². The highest BCUT2D eigenvalue weighted by atomic mass is 19.1. The van der Waals surface area contributed by atoms with E-state index in [-0.39, 0.29) is 11.3 Å². The summed E-state index contributed by atoms with van der Waals surface area (Å²) in [6.45, 7) is 2.38. The molecule has 168 valence electrons. The molecule has 0 fully saturated rings. The highest BCUT2D eigenvalue weighted by Gasteiger charge is 2.40. The molecule has 0 saturated carbocycles. The lowest BCUT2D eigenvalue weighted by Gasteiger charge is -2.18. The van der Waals surface area contributed by atoms with E-state index in [2.05, 4.69) is 5.32 Å². The molecule has 5 rings (SSSR count). The molecular formula is C28H21FN2O3. The summed E-state index contributed by atoms with van der Waals surface area (Å²) in [6.07, 6.45) is 0. The molecule has 0 aromatic heterocycles. The Morgan fingerprint density at radius 1 is 0.853 bits per heavy atom. The summed E-state index contributed by atoms with van der Waals surface area (Å²) in [5.41, 5.74) is 1.85. The first kappa shape index (κ1) is 21.4. The van der Waals surface area contributed by atoms with Crippen LogP contribution in [0.15, 0.2) is 96.7 Å². The van der Waals surface area contributed by atoms with Gasteiger partial charge in [0.05, 0.1) is 17.9 Å². The van der Waals surface area contributed by atoms with Gasteiger partial charge in [-0.1, -0.05) is 54.6 Å². The number of rotatable bonds is 6. The molecule has 0 unspecified atom stereocenters. The van der Waals surface area contributed by atoms with Gasteiger partial charge in [0.15, 0.2) is 0 Å². The summed E-state index contributed by atoms with van der Waals surface area (Å²) < 4.78 is 19.2. The minimum absolute atomic E-state index is 0.123. The van der Waals surface area contributed by atoms with Crippen LogP contribution in [0.5, 0.6) is 5.75 Å². The van der Waals surface area contributed by atoms with Crippen LogP contribution in [-0.4, -0.2) is 18.4 Å². The van der Waals surface area contributed by atoms with Crippen LogP contribution in [0.1, 0.15) is 12.5 Å². The fraction of sp³-hybridized carbons (Fsp3) is 0.0714. The number of nitrogens with zero attached hydrogens (tertiary/aromatic N) is 1. The van der Waals surface area contributed by atoms with Crippen molar-refractivity contribution >= 4 is 39.5 Å². The van der Waals surface area contributed by atoms with Crippen molar-refractivity contribution in [1.82, 2.24) is 0 Å². The Bertz CT molecular complexity index is 1440. The van der Waals surface area contributed by atoms with Gasteiger partial charge >= 0.3 is 0 Å². The number of fused-ring (bicyclic) bond motifs is 1. The van der Waals surface area contributed by atoms with E-state index in [1.165, 1.54) is 29.2 Å². The van der Waals surface area contributed by atoms with Crippen molar-refractivity contribution < 1.29 is 18.7 Å². The summed E-state index contributed by atoms with van der Waals surface area (Å²) in [4.78, 5) is 28.6. The summed E-state index contributed by atoms with van der Waals surface area (Å²) in [5, 5.41) is 4.82. The highest BCUT2D eigenvalue weighted by Crippen LogP contribution is 2.37. The standard InChI is InChI=1S/C28H21FN2O3/c1-2-34-22-10-6-9-21(17-22)30-26-25(19-13-15-20(29)16-14-19)27(32)31(28(26)33)24-12-5-8-18-7-3-4-11-23(18)24/h3-17,30H,2H2,1H3. The molecule has 4 aromatic rings. The number of nitrogens with one attached hydrogen (secondary N) is 1. The van der Waals surface area contributed by atoms with E-state index in [4.69, 9.17) is 4.74 Å². The van der Waals surface area contributed by atoms with Gasteiger partial charge in [0, 0.05) is 17.1 Å². The molecule has 0 aliphatic carbocycles. The van der Waals surface area contributed by atoms with Crippen LogP contribution in [0.4, 0.5) is 15.8 Å². The Labute approximate surface area is 196 Å².